The number of benzene rings is 1. The Labute approximate surface area is 99.1 Å². The Bertz CT molecular complexity index is 469. The number of nitrogens with zero attached hydrogens (tertiary/aromatic N) is 2. The smallest absolute Gasteiger partial charge is 0.240 e. The Morgan fingerprint density at radius 3 is 2.24 bits per heavy atom. The number of nitrogens with two attached hydrogens (primary N) is 1. The van der Waals surface area contributed by atoms with Crippen molar-refractivity contribution in [3.8, 4) is 0 Å². The van der Waals surface area contributed by atoms with E-state index in [0.717, 1.165) is 16.6 Å². The van der Waals surface area contributed by atoms with E-state index in [4.69, 9.17) is 24.4 Å². The van der Waals surface area contributed by atoms with Crippen LogP contribution in [0.15, 0.2) is 30.5 Å². The summed E-state index contributed by atoms with van der Waals surface area (Å²) in [4.78, 5) is 0. The van der Waals surface area contributed by atoms with E-state index in [9.17, 15) is 0 Å². The zero-order valence-corrected chi connectivity index (χ0v) is 9.63. The predicted molar refractivity (Wildman–Crippen MR) is 47.3 cm³/mol. The number of nitrogen functional groups attached to an aromatic ring is 1. The lowest BCUT2D eigenvalue weighted by Crippen LogP contribution is -2.68. The number of aromatic nitrogens is 2. The zero-order chi connectivity index (χ0) is 13.1. The molecule has 17 heavy (non-hydrogen) atoms. The van der Waals surface area contributed by atoms with Gasteiger partial charge in [0, 0.05) is 6.07 Å². The van der Waals surface area contributed by atoms with Crippen LogP contribution in [0.2, 0.25) is 0 Å². The molecule has 0 saturated heterocycles. The van der Waals surface area contributed by atoms with E-state index in [1.54, 1.807) is 6.20 Å². The lowest BCUT2D eigenvalue weighted by Gasteiger charge is -2.17. The van der Waals surface area contributed by atoms with Crippen molar-refractivity contribution in [1.29, 1.82) is 0 Å². The van der Waals surface area contributed by atoms with Crippen LogP contribution in [-0.4, -0.2) is 5.10 Å². The van der Waals surface area contributed by atoms with Gasteiger partial charge in [0.05, 0.1) is 11.1 Å². The van der Waals surface area contributed by atoms with Crippen molar-refractivity contribution < 1.29 is 33.6 Å². The second kappa shape index (κ2) is 5.21. The molecule has 0 bridgehead atoms. The number of anilines is 1. The van der Waals surface area contributed by atoms with Gasteiger partial charge in [-0.3, -0.25) is 0 Å². The molecule has 0 radical (unpaired) electrons. The van der Waals surface area contributed by atoms with Crippen molar-refractivity contribution in [2.45, 2.75) is 0 Å². The van der Waals surface area contributed by atoms with Crippen molar-refractivity contribution in [3.05, 3.63) is 30.5 Å². The molecule has 1 heterocycles. The third kappa shape index (κ3) is 4.47. The molecule has 2 rings (SSSR count). The summed E-state index contributed by atoms with van der Waals surface area (Å²) in [5.41, 5.74) is 7.53. The van der Waals surface area contributed by atoms with E-state index in [0.29, 0.717) is 0 Å². The number of rotatable bonds is 0. The molecule has 0 atom stereocenters. The molecule has 2 aromatic rings. The Morgan fingerprint density at radius 1 is 1.18 bits per heavy atom. The Hall–Kier alpha value is -1.51. The van der Waals surface area contributed by atoms with E-state index in [-0.39, 0.29) is 0 Å². The lowest BCUT2D eigenvalue weighted by molar-refractivity contribution is -2.00. The van der Waals surface area contributed by atoms with Gasteiger partial charge in [-0.1, -0.05) is 16.8 Å². The molecular formula is C9H10ClN3O4. The molecule has 7 nitrogen and oxygen atoms in total. The number of para-hydroxylation sites is 1. The van der Waals surface area contributed by atoms with Crippen molar-refractivity contribution in [1.82, 2.24) is 5.10 Å². The van der Waals surface area contributed by atoms with Gasteiger partial charge in [0.25, 0.3) is 0 Å². The number of fused-ring (bicyclic) bond motifs is 1. The fourth-order valence-electron chi connectivity index (χ4n) is 1.28. The third-order valence-corrected chi connectivity index (χ3v) is 1.93. The second-order valence-corrected chi connectivity index (χ2v) is 3.87. The first kappa shape index (κ1) is 13.6. The van der Waals surface area contributed by atoms with E-state index >= 15 is 0 Å². The molecular weight excluding hydrogens is 250 g/mol. The summed E-state index contributed by atoms with van der Waals surface area (Å²) in [6.45, 7) is 0. The minimum absolute atomic E-state index is 0.726. The normalized spacial score (nSPS) is 10.9. The summed E-state index contributed by atoms with van der Waals surface area (Å²) in [6, 6.07) is 7.94. The summed E-state index contributed by atoms with van der Waals surface area (Å²) in [7, 11) is -3.04. The summed E-state index contributed by atoms with van der Waals surface area (Å²) in [5, 5.41) is 5.15. The van der Waals surface area contributed by atoms with Crippen LogP contribution in [-0.2, 0) is 7.05 Å². The van der Waals surface area contributed by atoms with Crippen molar-refractivity contribution in [3.63, 3.8) is 0 Å². The summed E-state index contributed by atoms with van der Waals surface area (Å²) >= 11 is 0. The van der Waals surface area contributed by atoms with Crippen LogP contribution in [0.5, 0.6) is 0 Å². The number of hydrogen-bond acceptors (Lipinski definition) is 6. The maximum atomic E-state index is 8.49. The van der Waals surface area contributed by atoms with Gasteiger partial charge in [0.15, 0.2) is 7.05 Å². The fourth-order valence-corrected chi connectivity index (χ4v) is 1.28. The van der Waals surface area contributed by atoms with Crippen molar-refractivity contribution >= 4 is 16.6 Å². The fraction of sp³-hybridized carbons (Fsp3) is 0.111. The lowest BCUT2D eigenvalue weighted by atomic mass is 10.2. The highest BCUT2D eigenvalue weighted by atomic mass is 35.7. The second-order valence-electron chi connectivity index (χ2n) is 3.12. The van der Waals surface area contributed by atoms with Crippen LogP contribution in [0.25, 0.3) is 10.9 Å². The molecule has 0 aliphatic heterocycles. The predicted octanol–water partition coefficient (Wildman–Crippen LogP) is -4.11. The highest BCUT2D eigenvalue weighted by Crippen LogP contribution is 2.14. The summed E-state index contributed by atoms with van der Waals surface area (Å²) < 4.78 is 35.8. The first-order valence-corrected chi connectivity index (χ1v) is 5.64. The van der Waals surface area contributed by atoms with Gasteiger partial charge < -0.3 is 5.73 Å². The minimum atomic E-state index is -4.94. The standard InChI is InChI=1S/C9H9N3.ClHO4/c1-12-9-5-3-2-4-7(9)8(10)6-11-12;2-1(3,4)5/h2-6,10H,1H3;(H,2,3,4,5). The van der Waals surface area contributed by atoms with Crippen LogP contribution < -0.4 is 29.1 Å². The van der Waals surface area contributed by atoms with Crippen molar-refractivity contribution in [2.75, 3.05) is 5.73 Å². The van der Waals surface area contributed by atoms with E-state index < -0.39 is 10.2 Å². The van der Waals surface area contributed by atoms with E-state index in [2.05, 4.69) is 5.10 Å². The first-order valence-electron chi connectivity index (χ1n) is 4.40. The SMILES string of the molecule is C[n+]1ncc(N)c2ccccc21.[O-][Cl+3]([O-])([O-])[O-]. The quantitative estimate of drug-likeness (QED) is 0.478. The van der Waals surface area contributed by atoms with E-state index in [1.165, 1.54) is 0 Å². The van der Waals surface area contributed by atoms with Crippen LogP contribution in [0.4, 0.5) is 5.69 Å². The van der Waals surface area contributed by atoms with Gasteiger partial charge in [-0.15, -0.1) is 10.2 Å². The molecule has 0 spiro atoms. The molecule has 0 fully saturated rings. The molecule has 1 aromatic carbocycles. The molecule has 0 saturated carbocycles. The van der Waals surface area contributed by atoms with E-state index in [1.807, 2.05) is 36.0 Å². The van der Waals surface area contributed by atoms with Gasteiger partial charge >= 0.3 is 0 Å². The minimum Gasteiger partial charge on any atom is -0.397 e. The molecule has 0 aliphatic carbocycles. The van der Waals surface area contributed by atoms with Crippen LogP contribution in [0, 0.1) is 10.2 Å². The molecule has 2 N–H and O–H groups in total. The molecule has 1 aromatic heterocycles. The molecule has 0 aliphatic rings. The van der Waals surface area contributed by atoms with Gasteiger partial charge in [0.2, 0.25) is 5.52 Å². The van der Waals surface area contributed by atoms with Gasteiger partial charge in [-0.25, -0.2) is 18.6 Å². The molecule has 8 heteroatoms. The monoisotopic (exact) mass is 259 g/mol. The zero-order valence-electron chi connectivity index (χ0n) is 8.87. The Kier molecular flexibility index (Phi) is 4.16. The Morgan fingerprint density at radius 2 is 1.71 bits per heavy atom. The largest absolute Gasteiger partial charge is 0.397 e. The maximum absolute atomic E-state index is 8.49. The highest BCUT2D eigenvalue weighted by molar-refractivity contribution is 5.86. The Balaban J connectivity index is 0.000000249. The number of aryl methyl sites for hydroxylation is 1. The molecule has 0 unspecified atom stereocenters. The number of hydrogen-bond donors (Lipinski definition) is 1. The van der Waals surface area contributed by atoms with Crippen molar-refractivity contribution in [2.24, 2.45) is 7.05 Å². The molecule has 0 amide bonds. The number of halogens is 1. The van der Waals surface area contributed by atoms with Crippen LogP contribution in [0.1, 0.15) is 0 Å². The summed E-state index contributed by atoms with van der Waals surface area (Å²) in [6.07, 6.45) is 1.67. The van der Waals surface area contributed by atoms with Gasteiger partial charge in [0.1, 0.15) is 6.20 Å². The summed E-state index contributed by atoms with van der Waals surface area (Å²) in [5.74, 6) is 0. The van der Waals surface area contributed by atoms with Crippen LogP contribution in [0.3, 0.4) is 0 Å². The van der Waals surface area contributed by atoms with Crippen LogP contribution >= 0.6 is 0 Å². The van der Waals surface area contributed by atoms with Gasteiger partial charge in [-0.2, -0.15) is 0 Å². The topological polar surface area (TPSA) is 135 Å². The third-order valence-electron chi connectivity index (χ3n) is 1.93. The average molecular weight is 260 g/mol. The maximum Gasteiger partial charge on any atom is 0.240 e. The average Bonchev–Trinajstić information content (AvgIpc) is 2.22. The molecule has 92 valence electrons. The van der Waals surface area contributed by atoms with Gasteiger partial charge in [-0.05, 0) is 11.2 Å². The first-order chi connectivity index (χ1) is 7.79. The highest BCUT2D eigenvalue weighted by Gasteiger charge is 2.06.